The first-order valence-corrected chi connectivity index (χ1v) is 6.06. The van der Waals surface area contributed by atoms with Crippen molar-refractivity contribution in [2.24, 2.45) is 0 Å². The Kier molecular flexibility index (Phi) is 2.18. The summed E-state index contributed by atoms with van der Waals surface area (Å²) in [6, 6.07) is 2.26. The molecule has 2 fully saturated rings. The lowest BCUT2D eigenvalue weighted by molar-refractivity contribution is 0.0469. The van der Waals surface area contributed by atoms with E-state index in [9.17, 15) is 9.90 Å². The molecule has 1 N–H and O–H groups in total. The van der Waals surface area contributed by atoms with Crippen LogP contribution in [0.25, 0.3) is 0 Å². The predicted molar refractivity (Wildman–Crippen MR) is 61.7 cm³/mol. The van der Waals surface area contributed by atoms with Gasteiger partial charge in [-0.25, -0.2) is 0 Å². The molecular weight excluding hydrogens is 202 g/mol. The Morgan fingerprint density at radius 1 is 1.38 bits per heavy atom. The number of hydrogen-bond donors (Lipinski definition) is 1. The molecule has 2 saturated carbocycles. The second-order valence-electron chi connectivity index (χ2n) is 5.22. The van der Waals surface area contributed by atoms with Crippen LogP contribution in [0.2, 0.25) is 0 Å². The van der Waals surface area contributed by atoms with Crippen molar-refractivity contribution >= 4 is 0 Å². The Hall–Kier alpha value is -1.09. The lowest BCUT2D eigenvalue weighted by Crippen LogP contribution is -2.37. The fraction of sp³-hybridized carbons (Fsp3) is 0.615. The van der Waals surface area contributed by atoms with E-state index in [1.165, 1.54) is 18.4 Å². The number of aromatic nitrogens is 1. The van der Waals surface area contributed by atoms with E-state index in [4.69, 9.17) is 0 Å². The monoisotopic (exact) mass is 219 g/mol. The molecule has 1 heterocycles. The summed E-state index contributed by atoms with van der Waals surface area (Å²) in [5.41, 5.74) is 2.26. The van der Waals surface area contributed by atoms with Crippen LogP contribution in [0.4, 0.5) is 0 Å². The summed E-state index contributed by atoms with van der Waals surface area (Å²) in [7, 11) is 0. The van der Waals surface area contributed by atoms with Gasteiger partial charge >= 0.3 is 0 Å². The zero-order valence-corrected chi connectivity index (χ0v) is 9.52. The van der Waals surface area contributed by atoms with Crippen molar-refractivity contribution in [1.82, 2.24) is 4.57 Å². The maximum Gasteiger partial charge on any atom is 0.253 e. The minimum atomic E-state index is -0.207. The van der Waals surface area contributed by atoms with Crippen LogP contribution in [0.3, 0.4) is 0 Å². The van der Waals surface area contributed by atoms with Crippen molar-refractivity contribution in [3.05, 3.63) is 33.7 Å². The third-order valence-corrected chi connectivity index (χ3v) is 3.77. The number of aliphatic hydroxyl groups is 1. The second-order valence-corrected chi connectivity index (χ2v) is 5.22. The molecule has 3 nitrogen and oxygen atoms in total. The highest BCUT2D eigenvalue weighted by Crippen LogP contribution is 2.40. The van der Waals surface area contributed by atoms with Crippen LogP contribution in [-0.4, -0.2) is 15.8 Å². The lowest BCUT2D eigenvalue weighted by Gasteiger charge is -2.33. The lowest BCUT2D eigenvalue weighted by atomic mass is 9.89. The summed E-state index contributed by atoms with van der Waals surface area (Å²) in [5.74, 6) is 0.676. The molecule has 2 aliphatic rings. The van der Waals surface area contributed by atoms with Gasteiger partial charge in [0.05, 0.1) is 6.10 Å². The summed E-state index contributed by atoms with van der Waals surface area (Å²) in [6.07, 6.45) is 5.78. The normalized spacial score (nSPS) is 28.9. The molecule has 86 valence electrons. The molecule has 1 aromatic rings. The number of pyridine rings is 1. The van der Waals surface area contributed by atoms with Crippen LogP contribution in [-0.2, 0) is 0 Å². The highest BCUT2D eigenvalue weighted by molar-refractivity contribution is 5.25. The maximum absolute atomic E-state index is 12.0. The van der Waals surface area contributed by atoms with Gasteiger partial charge in [-0.1, -0.05) is 0 Å². The molecule has 0 amide bonds. The van der Waals surface area contributed by atoms with Gasteiger partial charge in [0.1, 0.15) is 0 Å². The van der Waals surface area contributed by atoms with Crippen molar-refractivity contribution in [3.8, 4) is 0 Å². The van der Waals surface area contributed by atoms with Crippen molar-refractivity contribution in [1.29, 1.82) is 0 Å². The number of rotatable bonds is 2. The van der Waals surface area contributed by atoms with Crippen molar-refractivity contribution in [3.63, 3.8) is 0 Å². The summed E-state index contributed by atoms with van der Waals surface area (Å²) < 4.78 is 1.84. The van der Waals surface area contributed by atoms with E-state index in [2.05, 4.69) is 0 Å². The van der Waals surface area contributed by atoms with Crippen LogP contribution in [0.5, 0.6) is 0 Å². The first kappa shape index (κ1) is 10.1. The third-order valence-electron chi connectivity index (χ3n) is 3.77. The molecule has 0 aliphatic heterocycles. The molecule has 0 bridgehead atoms. The van der Waals surface area contributed by atoms with Crippen LogP contribution >= 0.6 is 0 Å². The highest BCUT2D eigenvalue weighted by atomic mass is 16.3. The minimum Gasteiger partial charge on any atom is -0.393 e. The topological polar surface area (TPSA) is 42.2 Å². The van der Waals surface area contributed by atoms with E-state index >= 15 is 0 Å². The molecule has 3 rings (SSSR count). The van der Waals surface area contributed by atoms with Gasteiger partial charge in [0.2, 0.25) is 0 Å². The minimum absolute atomic E-state index is 0.112. The van der Waals surface area contributed by atoms with Gasteiger partial charge in [-0.3, -0.25) is 4.79 Å². The standard InChI is InChI=1S/C13H17NO2/c1-8-4-10(9-2-3-9)7-14(13(8)16)11-5-12(15)6-11/h4,7,9,11-12,15H,2-3,5-6H2,1H3. The van der Waals surface area contributed by atoms with Crippen molar-refractivity contribution < 1.29 is 5.11 Å². The Morgan fingerprint density at radius 3 is 2.62 bits per heavy atom. The fourth-order valence-electron chi connectivity index (χ4n) is 2.47. The molecule has 0 radical (unpaired) electrons. The predicted octanol–water partition coefficient (Wildman–Crippen LogP) is 1.73. The largest absolute Gasteiger partial charge is 0.393 e. The zero-order chi connectivity index (χ0) is 11.3. The molecule has 0 spiro atoms. The van der Waals surface area contributed by atoms with Gasteiger partial charge in [-0.05, 0) is 50.2 Å². The van der Waals surface area contributed by atoms with Crippen molar-refractivity contribution in [2.75, 3.05) is 0 Å². The summed E-state index contributed by atoms with van der Waals surface area (Å²) >= 11 is 0. The van der Waals surface area contributed by atoms with E-state index < -0.39 is 0 Å². The van der Waals surface area contributed by atoms with Gasteiger partial charge in [0, 0.05) is 17.8 Å². The van der Waals surface area contributed by atoms with E-state index in [1.54, 1.807) is 0 Å². The number of aliphatic hydroxyl groups excluding tert-OH is 1. The van der Waals surface area contributed by atoms with Crippen LogP contribution in [0.15, 0.2) is 17.1 Å². The molecule has 0 unspecified atom stereocenters. The molecule has 0 aromatic carbocycles. The van der Waals surface area contributed by atoms with Crippen LogP contribution < -0.4 is 5.56 Å². The Bertz CT molecular complexity index is 467. The molecular formula is C13H17NO2. The third kappa shape index (κ3) is 1.59. The Morgan fingerprint density at radius 2 is 2.06 bits per heavy atom. The van der Waals surface area contributed by atoms with E-state index in [1.807, 2.05) is 23.8 Å². The average molecular weight is 219 g/mol. The van der Waals surface area contributed by atoms with E-state index in [0.717, 1.165) is 18.4 Å². The van der Waals surface area contributed by atoms with E-state index in [0.29, 0.717) is 5.92 Å². The molecule has 1 aromatic heterocycles. The second kappa shape index (κ2) is 3.45. The van der Waals surface area contributed by atoms with Gasteiger partial charge < -0.3 is 9.67 Å². The Balaban J connectivity index is 1.98. The number of nitrogens with zero attached hydrogens (tertiary/aromatic N) is 1. The number of hydrogen-bond acceptors (Lipinski definition) is 2. The first-order valence-electron chi connectivity index (χ1n) is 6.06. The molecule has 3 heteroatoms. The van der Waals surface area contributed by atoms with Gasteiger partial charge in [0.15, 0.2) is 0 Å². The number of aryl methyl sites for hydroxylation is 1. The average Bonchev–Trinajstić information content (AvgIpc) is 3.01. The van der Waals surface area contributed by atoms with Gasteiger partial charge in [0.25, 0.3) is 5.56 Å². The first-order chi connectivity index (χ1) is 7.65. The summed E-state index contributed by atoms with van der Waals surface area (Å²) in [6.45, 7) is 1.89. The van der Waals surface area contributed by atoms with Crippen molar-refractivity contribution in [2.45, 2.75) is 50.7 Å². The zero-order valence-electron chi connectivity index (χ0n) is 9.52. The maximum atomic E-state index is 12.0. The molecule has 0 atom stereocenters. The molecule has 2 aliphatic carbocycles. The molecule has 0 saturated heterocycles. The van der Waals surface area contributed by atoms with E-state index in [-0.39, 0.29) is 17.7 Å². The Labute approximate surface area is 94.7 Å². The van der Waals surface area contributed by atoms with Crippen LogP contribution in [0, 0.1) is 6.92 Å². The highest BCUT2D eigenvalue weighted by Gasteiger charge is 2.31. The van der Waals surface area contributed by atoms with Gasteiger partial charge in [-0.15, -0.1) is 0 Å². The quantitative estimate of drug-likeness (QED) is 0.823. The van der Waals surface area contributed by atoms with Gasteiger partial charge in [-0.2, -0.15) is 0 Å². The summed E-state index contributed by atoms with van der Waals surface area (Å²) in [4.78, 5) is 12.0. The smallest absolute Gasteiger partial charge is 0.253 e. The van der Waals surface area contributed by atoms with Crippen LogP contribution in [0.1, 0.15) is 48.8 Å². The summed E-state index contributed by atoms with van der Waals surface area (Å²) in [5, 5.41) is 9.32. The SMILES string of the molecule is Cc1cc(C2CC2)cn(C2CC(O)C2)c1=O. The molecule has 16 heavy (non-hydrogen) atoms. The fourth-order valence-corrected chi connectivity index (χ4v) is 2.47.